The fraction of sp³-hybridized carbons (Fsp3) is 0.188. The number of para-hydroxylation sites is 1. The first kappa shape index (κ1) is 14.9. The zero-order valence-electron chi connectivity index (χ0n) is 11.7. The smallest absolute Gasteiger partial charge is 0.325 e. The normalized spacial score (nSPS) is 11.7. The first-order chi connectivity index (χ1) is 10.1. The molecule has 0 spiro atoms. The Hall–Kier alpha value is -2.53. The number of rotatable bonds is 6. The quantitative estimate of drug-likeness (QED) is 0.852. The fourth-order valence-electron chi connectivity index (χ4n) is 1.96. The van der Waals surface area contributed by atoms with Crippen LogP contribution in [0.5, 0.6) is 11.5 Å². The summed E-state index contributed by atoms with van der Waals surface area (Å²) in [5.74, 6) is -0.299. The van der Waals surface area contributed by atoms with Crippen LogP contribution in [-0.4, -0.2) is 18.2 Å². The molecule has 2 aromatic carbocycles. The van der Waals surface area contributed by atoms with Gasteiger partial charge in [0, 0.05) is 5.56 Å². The molecular weight excluding hydrogens is 270 g/mol. The van der Waals surface area contributed by atoms with Gasteiger partial charge in [-0.3, -0.25) is 4.79 Å². The van der Waals surface area contributed by atoms with E-state index in [1.54, 1.807) is 18.2 Å². The topological polar surface area (TPSA) is 81.8 Å². The number of carbonyl (C=O) groups is 1. The Bertz CT molecular complexity index is 613. The van der Waals surface area contributed by atoms with Gasteiger partial charge in [-0.2, -0.15) is 0 Å². The number of benzene rings is 2. The first-order valence-electron chi connectivity index (χ1n) is 6.45. The molecule has 1 unspecified atom stereocenters. The van der Waals surface area contributed by atoms with Crippen molar-refractivity contribution >= 4 is 5.97 Å². The van der Waals surface area contributed by atoms with Gasteiger partial charge < -0.3 is 20.3 Å². The Morgan fingerprint density at radius 3 is 2.52 bits per heavy atom. The molecule has 5 heteroatoms. The highest BCUT2D eigenvalue weighted by molar-refractivity contribution is 5.77. The van der Waals surface area contributed by atoms with Gasteiger partial charge in [-0.15, -0.1) is 0 Å². The summed E-state index contributed by atoms with van der Waals surface area (Å²) < 4.78 is 11.0. The largest absolute Gasteiger partial charge is 0.493 e. The third-order valence-corrected chi connectivity index (χ3v) is 3.06. The summed E-state index contributed by atoms with van der Waals surface area (Å²) in [7, 11) is 1.50. The lowest BCUT2D eigenvalue weighted by molar-refractivity contribution is -0.138. The van der Waals surface area contributed by atoms with Crippen LogP contribution >= 0.6 is 0 Å². The lowest BCUT2D eigenvalue weighted by Crippen LogP contribution is -2.21. The zero-order valence-corrected chi connectivity index (χ0v) is 11.7. The van der Waals surface area contributed by atoms with E-state index in [0.717, 1.165) is 5.56 Å². The molecule has 0 aliphatic heterocycles. The van der Waals surface area contributed by atoms with Gasteiger partial charge in [0.25, 0.3) is 0 Å². The standard InChI is InChI=1S/C16H17NO4/c1-20-13-9-5-8-12(14(17)16(18)19)15(13)21-10-11-6-3-2-4-7-11/h2-9,14H,10,17H2,1H3,(H,18,19). The summed E-state index contributed by atoms with van der Waals surface area (Å²) in [6, 6.07) is 13.4. The number of hydrogen-bond donors (Lipinski definition) is 2. The van der Waals surface area contributed by atoms with Gasteiger partial charge >= 0.3 is 5.97 Å². The first-order valence-corrected chi connectivity index (χ1v) is 6.45. The second-order valence-electron chi connectivity index (χ2n) is 4.47. The molecule has 3 N–H and O–H groups in total. The summed E-state index contributed by atoms with van der Waals surface area (Å²) in [6.45, 7) is 0.306. The Morgan fingerprint density at radius 1 is 1.19 bits per heavy atom. The maximum absolute atomic E-state index is 11.1. The maximum atomic E-state index is 11.1. The van der Waals surface area contributed by atoms with Gasteiger partial charge in [0.1, 0.15) is 12.6 Å². The fourth-order valence-corrected chi connectivity index (χ4v) is 1.96. The molecule has 1 atom stereocenters. The van der Waals surface area contributed by atoms with Crippen LogP contribution in [0.4, 0.5) is 0 Å². The molecule has 5 nitrogen and oxygen atoms in total. The van der Waals surface area contributed by atoms with E-state index in [4.69, 9.17) is 20.3 Å². The average molecular weight is 287 g/mol. The van der Waals surface area contributed by atoms with E-state index in [2.05, 4.69) is 0 Å². The SMILES string of the molecule is COc1cccc(C(N)C(=O)O)c1OCc1ccccc1. The Kier molecular flexibility index (Phi) is 4.79. The summed E-state index contributed by atoms with van der Waals surface area (Å²) in [5, 5.41) is 9.09. The minimum Gasteiger partial charge on any atom is -0.493 e. The van der Waals surface area contributed by atoms with Crippen molar-refractivity contribution in [1.82, 2.24) is 0 Å². The van der Waals surface area contributed by atoms with Crippen LogP contribution in [0.3, 0.4) is 0 Å². The Labute approximate surface area is 122 Å². The molecule has 0 fully saturated rings. The molecule has 2 aromatic rings. The highest BCUT2D eigenvalue weighted by Crippen LogP contribution is 2.34. The Morgan fingerprint density at radius 2 is 1.90 bits per heavy atom. The van der Waals surface area contributed by atoms with Gasteiger partial charge in [0.15, 0.2) is 11.5 Å². The average Bonchev–Trinajstić information content (AvgIpc) is 2.52. The molecule has 0 saturated carbocycles. The highest BCUT2D eigenvalue weighted by atomic mass is 16.5. The summed E-state index contributed by atoms with van der Waals surface area (Å²) in [5.41, 5.74) is 7.05. The molecule has 0 bridgehead atoms. The molecule has 0 aliphatic rings. The van der Waals surface area contributed by atoms with Gasteiger partial charge in [-0.05, 0) is 11.6 Å². The third kappa shape index (κ3) is 3.52. The number of carboxylic acid groups (broad SMARTS) is 1. The monoisotopic (exact) mass is 287 g/mol. The molecule has 110 valence electrons. The molecule has 21 heavy (non-hydrogen) atoms. The number of methoxy groups -OCH3 is 1. The van der Waals surface area contributed by atoms with Crippen LogP contribution in [0.1, 0.15) is 17.2 Å². The van der Waals surface area contributed by atoms with Gasteiger partial charge in [-0.25, -0.2) is 0 Å². The third-order valence-electron chi connectivity index (χ3n) is 3.06. The second kappa shape index (κ2) is 6.76. The van der Waals surface area contributed by atoms with Crippen molar-refractivity contribution < 1.29 is 19.4 Å². The molecule has 0 aromatic heterocycles. The molecule has 2 rings (SSSR count). The molecule has 0 radical (unpaired) electrons. The molecule has 0 heterocycles. The summed E-state index contributed by atoms with van der Waals surface area (Å²) >= 11 is 0. The minimum absolute atomic E-state index is 0.306. The molecule has 0 aliphatic carbocycles. The van der Waals surface area contributed by atoms with Crippen molar-refractivity contribution in [3.05, 3.63) is 59.7 Å². The van der Waals surface area contributed by atoms with E-state index in [9.17, 15) is 4.79 Å². The van der Waals surface area contributed by atoms with Crippen LogP contribution < -0.4 is 15.2 Å². The number of nitrogens with two attached hydrogens (primary N) is 1. The van der Waals surface area contributed by atoms with Crippen molar-refractivity contribution in [2.24, 2.45) is 5.73 Å². The summed E-state index contributed by atoms with van der Waals surface area (Å²) in [6.07, 6.45) is 0. The van der Waals surface area contributed by atoms with Crippen LogP contribution in [0.2, 0.25) is 0 Å². The van der Waals surface area contributed by atoms with Crippen LogP contribution in [0.15, 0.2) is 48.5 Å². The number of aliphatic carboxylic acids is 1. The van der Waals surface area contributed by atoms with Crippen molar-refractivity contribution in [3.8, 4) is 11.5 Å². The van der Waals surface area contributed by atoms with Gasteiger partial charge in [0.2, 0.25) is 0 Å². The van der Waals surface area contributed by atoms with Crippen molar-refractivity contribution in [3.63, 3.8) is 0 Å². The predicted molar refractivity (Wildman–Crippen MR) is 78.3 cm³/mol. The lowest BCUT2D eigenvalue weighted by atomic mass is 10.1. The number of ether oxygens (including phenoxy) is 2. The molecule has 0 amide bonds. The van der Waals surface area contributed by atoms with E-state index in [1.165, 1.54) is 7.11 Å². The van der Waals surface area contributed by atoms with Crippen molar-refractivity contribution in [2.75, 3.05) is 7.11 Å². The van der Waals surface area contributed by atoms with Gasteiger partial charge in [-0.1, -0.05) is 42.5 Å². The number of carboxylic acids is 1. The Balaban J connectivity index is 2.29. The van der Waals surface area contributed by atoms with Crippen molar-refractivity contribution in [1.29, 1.82) is 0 Å². The number of hydrogen-bond acceptors (Lipinski definition) is 4. The molecule has 0 saturated heterocycles. The van der Waals surface area contributed by atoms with E-state index >= 15 is 0 Å². The van der Waals surface area contributed by atoms with Crippen molar-refractivity contribution in [2.45, 2.75) is 12.6 Å². The van der Waals surface area contributed by atoms with Crippen LogP contribution in [-0.2, 0) is 11.4 Å². The van der Waals surface area contributed by atoms with Gasteiger partial charge in [0.05, 0.1) is 7.11 Å². The van der Waals surface area contributed by atoms with Crippen LogP contribution in [0.25, 0.3) is 0 Å². The molecular formula is C16H17NO4. The van der Waals surface area contributed by atoms with Crippen LogP contribution in [0, 0.1) is 0 Å². The lowest BCUT2D eigenvalue weighted by Gasteiger charge is -2.17. The van der Waals surface area contributed by atoms with E-state index < -0.39 is 12.0 Å². The van der Waals surface area contributed by atoms with E-state index in [-0.39, 0.29) is 0 Å². The van der Waals surface area contributed by atoms with E-state index in [1.807, 2.05) is 30.3 Å². The highest BCUT2D eigenvalue weighted by Gasteiger charge is 2.21. The maximum Gasteiger partial charge on any atom is 0.325 e. The predicted octanol–water partition coefficient (Wildman–Crippen LogP) is 2.36. The zero-order chi connectivity index (χ0) is 15.2. The second-order valence-corrected chi connectivity index (χ2v) is 4.47. The van der Waals surface area contributed by atoms with E-state index in [0.29, 0.717) is 23.7 Å². The summed E-state index contributed by atoms with van der Waals surface area (Å²) in [4.78, 5) is 11.1. The minimum atomic E-state index is -1.16.